The van der Waals surface area contributed by atoms with Crippen molar-refractivity contribution in [3.63, 3.8) is 0 Å². The van der Waals surface area contributed by atoms with E-state index in [9.17, 15) is 9.90 Å². The molecule has 112 valence electrons. The fourth-order valence-corrected chi connectivity index (χ4v) is 3.93. The van der Waals surface area contributed by atoms with Crippen LogP contribution in [-0.4, -0.2) is 46.7 Å². The number of rotatable bonds is 1. The summed E-state index contributed by atoms with van der Waals surface area (Å²) in [7, 11) is 0. The average Bonchev–Trinajstić information content (AvgIpc) is 2.78. The Morgan fingerprint density at radius 3 is 2.71 bits per heavy atom. The van der Waals surface area contributed by atoms with E-state index in [-0.39, 0.29) is 24.1 Å². The molecular formula is C16H20N2O3. The van der Waals surface area contributed by atoms with E-state index in [4.69, 9.17) is 4.74 Å². The third-order valence-corrected chi connectivity index (χ3v) is 4.87. The highest BCUT2D eigenvalue weighted by atomic mass is 16.5. The van der Waals surface area contributed by atoms with Crippen molar-refractivity contribution in [3.8, 4) is 5.75 Å². The Kier molecular flexibility index (Phi) is 3.03. The number of nitrogens with one attached hydrogen (secondary N) is 1. The highest BCUT2D eigenvalue weighted by Crippen LogP contribution is 2.37. The van der Waals surface area contributed by atoms with Gasteiger partial charge >= 0.3 is 0 Å². The molecule has 5 heteroatoms. The van der Waals surface area contributed by atoms with Crippen LogP contribution in [0.1, 0.15) is 25.7 Å². The maximum atomic E-state index is 12.8. The number of para-hydroxylation sites is 2. The molecule has 3 aliphatic rings. The van der Waals surface area contributed by atoms with Crippen LogP contribution in [0.3, 0.4) is 0 Å². The minimum absolute atomic E-state index is 0.0661. The molecule has 2 bridgehead atoms. The summed E-state index contributed by atoms with van der Waals surface area (Å²) in [6, 6.07) is 8.07. The van der Waals surface area contributed by atoms with Crippen LogP contribution in [0.5, 0.6) is 5.75 Å². The maximum absolute atomic E-state index is 12.8. The number of fused-ring (bicyclic) bond motifs is 3. The summed E-state index contributed by atoms with van der Waals surface area (Å²) in [5.74, 6) is 0.808. The first-order valence-electron chi connectivity index (χ1n) is 7.72. The lowest BCUT2D eigenvalue weighted by Gasteiger charge is -2.39. The number of benzene rings is 1. The molecule has 0 spiro atoms. The molecule has 4 rings (SSSR count). The third kappa shape index (κ3) is 2.16. The van der Waals surface area contributed by atoms with Crippen molar-refractivity contribution in [1.29, 1.82) is 0 Å². The minimum atomic E-state index is -0.460. The van der Waals surface area contributed by atoms with Gasteiger partial charge in [0, 0.05) is 12.1 Å². The van der Waals surface area contributed by atoms with Crippen LogP contribution in [-0.2, 0) is 4.79 Å². The molecular weight excluding hydrogens is 268 g/mol. The molecule has 3 unspecified atom stereocenters. The summed E-state index contributed by atoms with van der Waals surface area (Å²) in [5.41, 5.74) is 0.943. The Bertz CT molecular complexity index is 548. The molecule has 2 N–H and O–H groups in total. The van der Waals surface area contributed by atoms with Crippen molar-refractivity contribution in [3.05, 3.63) is 24.3 Å². The van der Waals surface area contributed by atoms with Crippen LogP contribution >= 0.6 is 0 Å². The van der Waals surface area contributed by atoms with Crippen LogP contribution in [0, 0.1) is 0 Å². The maximum Gasteiger partial charge on any atom is 0.266 e. The number of aliphatic hydroxyl groups is 1. The van der Waals surface area contributed by atoms with E-state index >= 15 is 0 Å². The first-order valence-corrected chi connectivity index (χ1v) is 7.72. The number of hydrogen-bond donors (Lipinski definition) is 2. The molecule has 1 amide bonds. The van der Waals surface area contributed by atoms with Crippen molar-refractivity contribution >= 4 is 11.6 Å². The summed E-state index contributed by atoms with van der Waals surface area (Å²) in [6.45, 7) is 0.508. The molecule has 0 saturated carbocycles. The number of piperidine rings is 1. The first-order chi connectivity index (χ1) is 10.2. The second kappa shape index (κ2) is 4.91. The van der Waals surface area contributed by atoms with Gasteiger partial charge in [0.15, 0.2) is 6.10 Å². The SMILES string of the molecule is O=C(C1CNc2ccccc2O1)N1C2CCC1CC(O)C2. The van der Waals surface area contributed by atoms with Crippen LogP contribution in [0.2, 0.25) is 0 Å². The predicted molar refractivity (Wildman–Crippen MR) is 78.2 cm³/mol. The van der Waals surface area contributed by atoms with E-state index in [1.165, 1.54) is 0 Å². The smallest absolute Gasteiger partial charge is 0.266 e. The van der Waals surface area contributed by atoms with Crippen molar-refractivity contribution in [1.82, 2.24) is 4.90 Å². The van der Waals surface area contributed by atoms with Gasteiger partial charge in [-0.1, -0.05) is 12.1 Å². The molecule has 0 radical (unpaired) electrons. The number of ether oxygens (including phenoxy) is 1. The highest BCUT2D eigenvalue weighted by Gasteiger charge is 2.45. The monoisotopic (exact) mass is 288 g/mol. The van der Waals surface area contributed by atoms with E-state index < -0.39 is 6.10 Å². The topological polar surface area (TPSA) is 61.8 Å². The second-order valence-corrected chi connectivity index (χ2v) is 6.24. The zero-order valence-electron chi connectivity index (χ0n) is 11.9. The van der Waals surface area contributed by atoms with E-state index in [1.54, 1.807) is 0 Å². The summed E-state index contributed by atoms with van der Waals surface area (Å²) < 4.78 is 5.88. The Hall–Kier alpha value is -1.75. The van der Waals surface area contributed by atoms with E-state index in [2.05, 4.69) is 5.32 Å². The van der Waals surface area contributed by atoms with E-state index in [0.717, 1.165) is 24.3 Å². The van der Waals surface area contributed by atoms with Gasteiger partial charge in [0.2, 0.25) is 0 Å². The van der Waals surface area contributed by atoms with Gasteiger partial charge in [0.05, 0.1) is 18.3 Å². The Labute approximate surface area is 123 Å². The number of anilines is 1. The minimum Gasteiger partial charge on any atom is -0.477 e. The summed E-state index contributed by atoms with van der Waals surface area (Å²) in [6.07, 6.45) is 2.71. The van der Waals surface area contributed by atoms with Gasteiger partial charge in [0.25, 0.3) is 5.91 Å². The molecule has 1 aromatic carbocycles. The number of carbonyl (C=O) groups is 1. The first kappa shape index (κ1) is 13.0. The fourth-order valence-electron chi connectivity index (χ4n) is 3.93. The van der Waals surface area contributed by atoms with Crippen LogP contribution < -0.4 is 10.1 Å². The van der Waals surface area contributed by atoms with Crippen LogP contribution in [0.4, 0.5) is 5.69 Å². The van der Waals surface area contributed by atoms with Gasteiger partial charge in [-0.2, -0.15) is 0 Å². The van der Waals surface area contributed by atoms with E-state index in [0.29, 0.717) is 19.4 Å². The van der Waals surface area contributed by atoms with Gasteiger partial charge in [0.1, 0.15) is 5.75 Å². The van der Waals surface area contributed by atoms with Gasteiger partial charge in [-0.25, -0.2) is 0 Å². The molecule has 5 nitrogen and oxygen atoms in total. The molecule has 0 aromatic heterocycles. The lowest BCUT2D eigenvalue weighted by atomic mass is 9.99. The molecule has 3 heterocycles. The molecule has 3 atom stereocenters. The standard InChI is InChI=1S/C16H20N2O3/c19-12-7-10-5-6-11(8-12)18(10)16(20)15-9-17-13-3-1-2-4-14(13)21-15/h1-4,10-12,15,17,19H,5-9H2. The second-order valence-electron chi connectivity index (χ2n) is 6.24. The summed E-state index contributed by atoms with van der Waals surface area (Å²) in [4.78, 5) is 14.8. The lowest BCUT2D eigenvalue weighted by molar-refractivity contribution is -0.144. The van der Waals surface area contributed by atoms with Crippen molar-refractivity contribution < 1.29 is 14.6 Å². The van der Waals surface area contributed by atoms with Gasteiger partial charge in [-0.15, -0.1) is 0 Å². The molecule has 3 aliphatic heterocycles. The van der Waals surface area contributed by atoms with Crippen molar-refractivity contribution in [2.45, 2.75) is 50.0 Å². The van der Waals surface area contributed by atoms with Gasteiger partial charge in [-0.05, 0) is 37.8 Å². The Morgan fingerprint density at radius 2 is 1.95 bits per heavy atom. The van der Waals surface area contributed by atoms with Crippen molar-refractivity contribution in [2.24, 2.45) is 0 Å². The van der Waals surface area contributed by atoms with Crippen LogP contribution in [0.15, 0.2) is 24.3 Å². The number of carbonyl (C=O) groups excluding carboxylic acids is 1. The zero-order chi connectivity index (χ0) is 14.4. The number of hydrogen-bond acceptors (Lipinski definition) is 4. The van der Waals surface area contributed by atoms with Crippen molar-refractivity contribution in [2.75, 3.05) is 11.9 Å². The number of aliphatic hydroxyl groups excluding tert-OH is 1. The average molecular weight is 288 g/mol. The zero-order valence-corrected chi connectivity index (χ0v) is 11.9. The highest BCUT2D eigenvalue weighted by molar-refractivity contribution is 5.84. The molecule has 1 aromatic rings. The molecule has 0 aliphatic carbocycles. The fraction of sp³-hybridized carbons (Fsp3) is 0.562. The summed E-state index contributed by atoms with van der Waals surface area (Å²) in [5, 5.41) is 13.1. The largest absolute Gasteiger partial charge is 0.477 e. The quantitative estimate of drug-likeness (QED) is 0.819. The predicted octanol–water partition coefficient (Wildman–Crippen LogP) is 1.37. The normalized spacial score (nSPS) is 33.9. The van der Waals surface area contributed by atoms with Crippen LogP contribution in [0.25, 0.3) is 0 Å². The molecule has 2 fully saturated rings. The molecule has 2 saturated heterocycles. The lowest BCUT2D eigenvalue weighted by Crippen LogP contribution is -2.54. The van der Waals surface area contributed by atoms with Gasteiger partial charge < -0.3 is 20.1 Å². The van der Waals surface area contributed by atoms with E-state index in [1.807, 2.05) is 29.2 Å². The number of amides is 1. The Balaban J connectivity index is 1.52. The van der Waals surface area contributed by atoms with Gasteiger partial charge in [-0.3, -0.25) is 4.79 Å². The summed E-state index contributed by atoms with van der Waals surface area (Å²) >= 11 is 0. The third-order valence-electron chi connectivity index (χ3n) is 4.87. The number of nitrogens with zero attached hydrogens (tertiary/aromatic N) is 1. The molecule has 21 heavy (non-hydrogen) atoms. The Morgan fingerprint density at radius 1 is 1.24 bits per heavy atom.